The molecule has 7 heteroatoms. The monoisotopic (exact) mass is 465 g/mol. The molecule has 2 aliphatic rings. The van der Waals surface area contributed by atoms with Crippen molar-refractivity contribution in [2.24, 2.45) is 10.9 Å². The molecule has 0 radical (unpaired) electrons. The Morgan fingerprint density at radius 2 is 1.72 bits per heavy atom. The topological polar surface area (TPSA) is 60.0 Å². The summed E-state index contributed by atoms with van der Waals surface area (Å²) in [7, 11) is 1.80. The third-order valence-electron chi connectivity index (χ3n) is 4.83. The van der Waals surface area contributed by atoms with Gasteiger partial charge in [0.1, 0.15) is 0 Å². The second-order valence-electron chi connectivity index (χ2n) is 8.02. The smallest absolute Gasteiger partial charge is 0.225 e. The largest absolute Gasteiger partial charge is 0.355 e. The average molecular weight is 465 g/mol. The molecule has 0 bridgehead atoms. The van der Waals surface area contributed by atoms with Crippen molar-refractivity contribution in [1.82, 2.24) is 20.4 Å². The number of rotatable bonds is 4. The van der Waals surface area contributed by atoms with Crippen LogP contribution in [0.15, 0.2) is 4.99 Å². The van der Waals surface area contributed by atoms with Gasteiger partial charge in [0.05, 0.1) is 0 Å². The summed E-state index contributed by atoms with van der Waals surface area (Å²) in [4.78, 5) is 21.2. The van der Waals surface area contributed by atoms with Gasteiger partial charge >= 0.3 is 0 Å². The van der Waals surface area contributed by atoms with E-state index < -0.39 is 0 Å². The van der Waals surface area contributed by atoms with Crippen LogP contribution in [0.5, 0.6) is 0 Å². The van der Waals surface area contributed by atoms with Crippen molar-refractivity contribution < 1.29 is 4.79 Å². The second kappa shape index (κ2) is 10.5. The first-order valence-electron chi connectivity index (χ1n) is 9.39. The summed E-state index contributed by atoms with van der Waals surface area (Å²) in [5, 5.41) is 6.73. The molecule has 25 heavy (non-hydrogen) atoms. The fourth-order valence-electron chi connectivity index (χ4n) is 3.49. The normalized spacial score (nSPS) is 20.3. The van der Waals surface area contributed by atoms with Crippen molar-refractivity contribution in [3.8, 4) is 0 Å². The number of nitrogens with one attached hydrogen (secondary N) is 2. The molecule has 146 valence electrons. The van der Waals surface area contributed by atoms with Gasteiger partial charge in [-0.05, 0) is 33.6 Å². The summed E-state index contributed by atoms with van der Waals surface area (Å²) < 4.78 is 0. The van der Waals surface area contributed by atoms with Gasteiger partial charge in [0, 0.05) is 57.8 Å². The Bertz CT molecular complexity index is 435. The lowest BCUT2D eigenvalue weighted by molar-refractivity contribution is -0.137. The van der Waals surface area contributed by atoms with Gasteiger partial charge in [-0.25, -0.2) is 0 Å². The Labute approximate surface area is 170 Å². The van der Waals surface area contributed by atoms with E-state index in [1.54, 1.807) is 7.05 Å². The molecule has 2 fully saturated rings. The first-order valence-corrected chi connectivity index (χ1v) is 9.39. The minimum Gasteiger partial charge on any atom is -0.355 e. The lowest BCUT2D eigenvalue weighted by Gasteiger charge is -2.36. The molecule has 0 aromatic rings. The summed E-state index contributed by atoms with van der Waals surface area (Å²) in [6.45, 7) is 11.9. The van der Waals surface area contributed by atoms with E-state index in [0.717, 1.165) is 58.1 Å². The highest BCUT2D eigenvalue weighted by Crippen LogP contribution is 2.26. The number of piperazine rings is 1. The predicted octanol–water partition coefficient (Wildman–Crippen LogP) is 1.90. The lowest BCUT2D eigenvalue weighted by atomic mass is 10.1. The lowest BCUT2D eigenvalue weighted by Crippen LogP contribution is -2.53. The van der Waals surface area contributed by atoms with Gasteiger partial charge < -0.3 is 15.5 Å². The molecule has 1 amide bonds. The number of carbonyl (C=O) groups is 1. The summed E-state index contributed by atoms with van der Waals surface area (Å²) in [5.74, 6) is 1.56. The molecule has 0 atom stereocenters. The van der Waals surface area contributed by atoms with E-state index in [4.69, 9.17) is 0 Å². The zero-order valence-corrected chi connectivity index (χ0v) is 18.6. The quantitative estimate of drug-likeness (QED) is 0.379. The Morgan fingerprint density at radius 3 is 2.24 bits per heavy atom. The van der Waals surface area contributed by atoms with Gasteiger partial charge in [-0.15, -0.1) is 24.0 Å². The number of carbonyl (C=O) groups excluding carboxylic acids is 1. The third kappa shape index (κ3) is 7.68. The average Bonchev–Trinajstić information content (AvgIpc) is 3.07. The van der Waals surface area contributed by atoms with Crippen LogP contribution in [0, 0.1) is 5.92 Å². The maximum Gasteiger partial charge on any atom is 0.225 e. The first kappa shape index (κ1) is 22.5. The second-order valence-corrected chi connectivity index (χ2v) is 8.02. The Kier molecular flexibility index (Phi) is 9.48. The SMILES string of the molecule is CN=C(NCCN1CCN(C(=O)C2CCCC2)CC1)NC(C)(C)C.I. The minimum absolute atomic E-state index is 0. The molecule has 0 spiro atoms. The van der Waals surface area contributed by atoms with Crippen LogP contribution in [0.2, 0.25) is 0 Å². The number of amides is 1. The predicted molar refractivity (Wildman–Crippen MR) is 115 cm³/mol. The van der Waals surface area contributed by atoms with Crippen LogP contribution in [0.1, 0.15) is 46.5 Å². The Hall–Kier alpha value is -0.570. The van der Waals surface area contributed by atoms with Crippen LogP contribution in [-0.4, -0.2) is 73.5 Å². The summed E-state index contributed by atoms with van der Waals surface area (Å²) >= 11 is 0. The van der Waals surface area contributed by atoms with Crippen LogP contribution >= 0.6 is 24.0 Å². The zero-order valence-electron chi connectivity index (χ0n) is 16.3. The fourth-order valence-corrected chi connectivity index (χ4v) is 3.49. The van der Waals surface area contributed by atoms with E-state index in [2.05, 4.69) is 46.2 Å². The number of aliphatic imine (C=N–C) groups is 1. The molecule has 2 N–H and O–H groups in total. The van der Waals surface area contributed by atoms with Crippen LogP contribution < -0.4 is 10.6 Å². The molecule has 0 aromatic heterocycles. The van der Waals surface area contributed by atoms with E-state index in [-0.39, 0.29) is 29.5 Å². The Balaban J connectivity index is 0.00000312. The number of hydrogen-bond donors (Lipinski definition) is 2. The van der Waals surface area contributed by atoms with Gasteiger partial charge in [-0.1, -0.05) is 12.8 Å². The summed E-state index contributed by atoms with van der Waals surface area (Å²) in [5.41, 5.74) is 0.00801. The van der Waals surface area contributed by atoms with Crippen LogP contribution in [0.4, 0.5) is 0 Å². The van der Waals surface area contributed by atoms with Crippen LogP contribution in [0.3, 0.4) is 0 Å². The van der Waals surface area contributed by atoms with Crippen molar-refractivity contribution in [2.75, 3.05) is 46.3 Å². The third-order valence-corrected chi connectivity index (χ3v) is 4.83. The Morgan fingerprint density at radius 1 is 1.12 bits per heavy atom. The maximum absolute atomic E-state index is 12.5. The molecule has 6 nitrogen and oxygen atoms in total. The van der Waals surface area contributed by atoms with Crippen molar-refractivity contribution in [3.05, 3.63) is 0 Å². The van der Waals surface area contributed by atoms with Crippen molar-refractivity contribution in [3.63, 3.8) is 0 Å². The fraction of sp³-hybridized carbons (Fsp3) is 0.889. The highest BCUT2D eigenvalue weighted by molar-refractivity contribution is 14.0. The van der Waals surface area contributed by atoms with Gasteiger partial charge in [0.25, 0.3) is 0 Å². The van der Waals surface area contributed by atoms with Gasteiger partial charge in [0.2, 0.25) is 5.91 Å². The highest BCUT2D eigenvalue weighted by Gasteiger charge is 2.29. The maximum atomic E-state index is 12.5. The van der Waals surface area contributed by atoms with E-state index >= 15 is 0 Å². The molecule has 1 aliphatic heterocycles. The minimum atomic E-state index is 0. The number of guanidine groups is 1. The van der Waals surface area contributed by atoms with Crippen molar-refractivity contribution in [2.45, 2.75) is 52.0 Å². The highest BCUT2D eigenvalue weighted by atomic mass is 127. The number of nitrogens with zero attached hydrogens (tertiary/aromatic N) is 3. The van der Waals surface area contributed by atoms with E-state index in [9.17, 15) is 4.79 Å². The van der Waals surface area contributed by atoms with Gasteiger partial charge in [-0.2, -0.15) is 0 Å². The van der Waals surface area contributed by atoms with E-state index in [0.29, 0.717) is 11.8 Å². The van der Waals surface area contributed by atoms with Crippen molar-refractivity contribution >= 4 is 35.8 Å². The number of halogens is 1. The molecular weight excluding hydrogens is 429 g/mol. The van der Waals surface area contributed by atoms with Gasteiger partial charge in [-0.3, -0.25) is 14.7 Å². The molecule has 0 unspecified atom stereocenters. The molecule has 2 rings (SSSR count). The molecule has 0 aromatic carbocycles. The van der Waals surface area contributed by atoms with E-state index in [1.807, 2.05) is 0 Å². The summed E-state index contributed by atoms with van der Waals surface area (Å²) in [6.07, 6.45) is 4.66. The standard InChI is InChI=1S/C18H35N5O.HI/c1-18(2,3)21-17(19-4)20-9-10-22-11-13-23(14-12-22)16(24)15-7-5-6-8-15;/h15H,5-14H2,1-4H3,(H2,19,20,21);1H. The van der Waals surface area contributed by atoms with Crippen LogP contribution in [-0.2, 0) is 4.79 Å². The molecule has 1 saturated carbocycles. The molecule has 1 saturated heterocycles. The zero-order chi connectivity index (χ0) is 17.6. The molecule has 1 aliphatic carbocycles. The molecule has 1 heterocycles. The number of hydrogen-bond acceptors (Lipinski definition) is 3. The van der Waals surface area contributed by atoms with Gasteiger partial charge in [0.15, 0.2) is 5.96 Å². The molecular formula is C18H36IN5O. The van der Waals surface area contributed by atoms with E-state index in [1.165, 1.54) is 12.8 Å². The van der Waals surface area contributed by atoms with Crippen molar-refractivity contribution in [1.29, 1.82) is 0 Å². The van der Waals surface area contributed by atoms with Crippen LogP contribution in [0.25, 0.3) is 0 Å². The summed E-state index contributed by atoms with van der Waals surface area (Å²) in [6, 6.07) is 0. The first-order chi connectivity index (χ1) is 11.4.